The van der Waals surface area contributed by atoms with Gasteiger partial charge in [-0.1, -0.05) is 12.8 Å². The van der Waals surface area contributed by atoms with Crippen LogP contribution in [-0.2, 0) is 5.41 Å². The zero-order valence-electron chi connectivity index (χ0n) is 15.3. The summed E-state index contributed by atoms with van der Waals surface area (Å²) in [6.07, 6.45) is 15.0. The zero-order chi connectivity index (χ0) is 16.9. The van der Waals surface area contributed by atoms with Crippen molar-refractivity contribution in [3.05, 3.63) is 29.6 Å². The van der Waals surface area contributed by atoms with Crippen molar-refractivity contribution in [2.45, 2.75) is 69.6 Å². The Morgan fingerprint density at radius 2 is 1.56 bits per heavy atom. The van der Waals surface area contributed by atoms with E-state index >= 15 is 0 Å². The van der Waals surface area contributed by atoms with Crippen LogP contribution in [0, 0.1) is 17.8 Å². The Hall–Kier alpha value is -1.38. The molecule has 134 valence electrons. The molecule has 5 fully saturated rings. The number of aromatic nitrogens is 1. The molecule has 1 aromatic heterocycles. The molecular weight excluding hydrogens is 308 g/mol. The lowest BCUT2D eigenvalue weighted by Gasteiger charge is -2.56. The van der Waals surface area contributed by atoms with Crippen molar-refractivity contribution in [2.24, 2.45) is 17.8 Å². The summed E-state index contributed by atoms with van der Waals surface area (Å²) < 4.78 is 0. The van der Waals surface area contributed by atoms with Gasteiger partial charge in [-0.3, -0.25) is 9.78 Å². The normalized spacial score (nSPS) is 37.1. The van der Waals surface area contributed by atoms with Gasteiger partial charge in [0.25, 0.3) is 5.91 Å². The fourth-order valence-electron chi connectivity index (χ4n) is 6.73. The number of amides is 1. The second-order valence-corrected chi connectivity index (χ2v) is 9.33. The Bertz CT molecular complexity index is 624. The maximum absolute atomic E-state index is 13.0. The van der Waals surface area contributed by atoms with Crippen LogP contribution in [0.5, 0.6) is 0 Å². The lowest BCUT2D eigenvalue weighted by molar-refractivity contribution is -0.00723. The van der Waals surface area contributed by atoms with E-state index in [0.29, 0.717) is 0 Å². The van der Waals surface area contributed by atoms with Crippen molar-refractivity contribution in [1.29, 1.82) is 0 Å². The number of hydrogen-bond donors (Lipinski definition) is 0. The summed E-state index contributed by atoms with van der Waals surface area (Å²) in [5, 5.41) is 0. The number of nitrogens with zero attached hydrogens (tertiary/aromatic N) is 2. The third kappa shape index (κ3) is 2.80. The molecule has 0 atom stereocenters. The Balaban J connectivity index is 1.42. The van der Waals surface area contributed by atoms with Gasteiger partial charge in [0.15, 0.2) is 0 Å². The summed E-state index contributed by atoms with van der Waals surface area (Å²) in [4.78, 5) is 19.9. The minimum absolute atomic E-state index is 0.232. The van der Waals surface area contributed by atoms with E-state index in [2.05, 4.69) is 11.0 Å². The number of likely N-dealkylation sites (tertiary alicyclic amines) is 1. The van der Waals surface area contributed by atoms with Crippen LogP contribution in [0.1, 0.15) is 80.3 Å². The largest absolute Gasteiger partial charge is 0.339 e. The summed E-state index contributed by atoms with van der Waals surface area (Å²) in [6.45, 7) is 1.85. The number of carbonyl (C=O) groups is 1. The first kappa shape index (κ1) is 15.8. The molecule has 3 nitrogen and oxygen atoms in total. The highest BCUT2D eigenvalue weighted by Gasteiger charge is 2.52. The van der Waals surface area contributed by atoms with Crippen LogP contribution in [0.25, 0.3) is 0 Å². The predicted octanol–water partition coefficient (Wildman–Crippen LogP) is 4.57. The van der Waals surface area contributed by atoms with Crippen LogP contribution in [0.4, 0.5) is 0 Å². The number of hydrogen-bond acceptors (Lipinski definition) is 2. The van der Waals surface area contributed by atoms with Gasteiger partial charge in [-0.25, -0.2) is 0 Å². The third-order valence-electron chi connectivity index (χ3n) is 7.48. The molecule has 6 rings (SSSR count). The van der Waals surface area contributed by atoms with Gasteiger partial charge < -0.3 is 4.90 Å². The molecule has 0 aromatic carbocycles. The van der Waals surface area contributed by atoms with Gasteiger partial charge >= 0.3 is 0 Å². The Labute approximate surface area is 151 Å². The second-order valence-electron chi connectivity index (χ2n) is 9.33. The van der Waals surface area contributed by atoms with Crippen LogP contribution in [0.2, 0.25) is 0 Å². The highest BCUT2D eigenvalue weighted by Crippen LogP contribution is 2.60. The molecule has 4 saturated carbocycles. The molecule has 5 aliphatic rings. The molecular formula is C22H30N2O. The molecule has 0 unspecified atom stereocenters. The van der Waals surface area contributed by atoms with E-state index in [4.69, 9.17) is 4.98 Å². The van der Waals surface area contributed by atoms with Crippen LogP contribution in [0.15, 0.2) is 18.3 Å². The van der Waals surface area contributed by atoms with Gasteiger partial charge in [0.05, 0.1) is 0 Å². The van der Waals surface area contributed by atoms with Crippen molar-refractivity contribution in [3.8, 4) is 0 Å². The SMILES string of the molecule is O=C(c1ccnc(C23CC4CC(CC(C4)C2)C3)c1)N1CCCCCC1. The summed E-state index contributed by atoms with van der Waals surface area (Å²) in [7, 11) is 0. The molecule has 0 radical (unpaired) electrons. The summed E-state index contributed by atoms with van der Waals surface area (Å²) in [6, 6.07) is 4.11. The minimum Gasteiger partial charge on any atom is -0.339 e. The molecule has 4 aliphatic carbocycles. The van der Waals surface area contributed by atoms with E-state index in [1.54, 1.807) is 0 Å². The molecule has 1 aliphatic heterocycles. The minimum atomic E-state index is 0.232. The first-order chi connectivity index (χ1) is 12.2. The monoisotopic (exact) mass is 338 g/mol. The number of rotatable bonds is 2. The zero-order valence-corrected chi connectivity index (χ0v) is 15.3. The Kier molecular flexibility index (Phi) is 3.87. The van der Waals surface area contributed by atoms with Crippen LogP contribution in [-0.4, -0.2) is 28.9 Å². The Morgan fingerprint density at radius 1 is 0.960 bits per heavy atom. The standard InChI is InChI=1S/C22H30N2O/c25-21(24-7-3-1-2-4-8-24)19-5-6-23-20(12-19)22-13-16-9-17(14-22)11-18(10-16)15-22/h5-6,12,16-18H,1-4,7-11,13-15H2. The smallest absolute Gasteiger partial charge is 0.253 e. The van der Waals surface area contributed by atoms with E-state index in [1.165, 1.54) is 57.1 Å². The van der Waals surface area contributed by atoms with Crippen LogP contribution in [0.3, 0.4) is 0 Å². The van der Waals surface area contributed by atoms with Gasteiger partial charge in [0.1, 0.15) is 0 Å². The molecule has 1 saturated heterocycles. The third-order valence-corrected chi connectivity index (χ3v) is 7.48. The first-order valence-electron chi connectivity index (χ1n) is 10.5. The number of carbonyl (C=O) groups excluding carboxylic acids is 1. The average Bonchev–Trinajstić information content (AvgIpc) is 2.89. The topological polar surface area (TPSA) is 33.2 Å². The highest BCUT2D eigenvalue weighted by atomic mass is 16.2. The van der Waals surface area contributed by atoms with Gasteiger partial charge in [-0.2, -0.15) is 0 Å². The van der Waals surface area contributed by atoms with Crippen LogP contribution >= 0.6 is 0 Å². The van der Waals surface area contributed by atoms with Crippen molar-refractivity contribution in [2.75, 3.05) is 13.1 Å². The van der Waals surface area contributed by atoms with E-state index in [9.17, 15) is 4.79 Å². The van der Waals surface area contributed by atoms with E-state index in [-0.39, 0.29) is 11.3 Å². The summed E-state index contributed by atoms with van der Waals surface area (Å²) in [5.41, 5.74) is 2.39. The maximum Gasteiger partial charge on any atom is 0.253 e. The molecule has 2 heterocycles. The van der Waals surface area contributed by atoms with E-state index in [0.717, 1.165) is 49.2 Å². The van der Waals surface area contributed by atoms with Gasteiger partial charge in [-0.05, 0) is 81.3 Å². The van der Waals surface area contributed by atoms with E-state index in [1.807, 2.05) is 12.3 Å². The van der Waals surface area contributed by atoms with Crippen LogP contribution < -0.4 is 0 Å². The molecule has 1 aromatic rings. The van der Waals surface area contributed by atoms with Crippen molar-refractivity contribution >= 4 is 5.91 Å². The summed E-state index contributed by atoms with van der Waals surface area (Å²) in [5.74, 6) is 2.98. The van der Waals surface area contributed by atoms with Gasteiger partial charge in [0.2, 0.25) is 0 Å². The Morgan fingerprint density at radius 3 is 2.16 bits per heavy atom. The predicted molar refractivity (Wildman–Crippen MR) is 98.5 cm³/mol. The van der Waals surface area contributed by atoms with Crippen molar-refractivity contribution < 1.29 is 4.79 Å². The number of pyridine rings is 1. The molecule has 1 amide bonds. The molecule has 3 heteroatoms. The highest BCUT2D eigenvalue weighted by molar-refractivity contribution is 5.94. The lowest BCUT2D eigenvalue weighted by atomic mass is 9.48. The lowest BCUT2D eigenvalue weighted by Crippen LogP contribution is -2.49. The first-order valence-corrected chi connectivity index (χ1v) is 10.5. The molecule has 25 heavy (non-hydrogen) atoms. The van der Waals surface area contributed by atoms with Gasteiger partial charge in [-0.15, -0.1) is 0 Å². The fraction of sp³-hybridized carbons (Fsp3) is 0.727. The van der Waals surface area contributed by atoms with Gasteiger partial charge in [0, 0.05) is 36.0 Å². The van der Waals surface area contributed by atoms with Crippen molar-refractivity contribution in [1.82, 2.24) is 9.88 Å². The average molecular weight is 338 g/mol. The molecule has 0 N–H and O–H groups in total. The maximum atomic E-state index is 13.0. The quantitative estimate of drug-likeness (QED) is 0.791. The summed E-state index contributed by atoms with van der Waals surface area (Å²) >= 11 is 0. The fourth-order valence-corrected chi connectivity index (χ4v) is 6.73. The molecule has 4 bridgehead atoms. The van der Waals surface area contributed by atoms with E-state index < -0.39 is 0 Å². The second kappa shape index (κ2) is 6.10. The molecule has 0 spiro atoms. The van der Waals surface area contributed by atoms with Crippen molar-refractivity contribution in [3.63, 3.8) is 0 Å².